The predicted octanol–water partition coefficient (Wildman–Crippen LogP) is -0.170. The van der Waals surface area contributed by atoms with Gasteiger partial charge in [-0.05, 0) is 0 Å². The van der Waals surface area contributed by atoms with Crippen LogP contribution in [0.25, 0.3) is 0 Å². The molecule has 0 radical (unpaired) electrons. The van der Waals surface area contributed by atoms with Crippen LogP contribution in [-0.4, -0.2) is 33.1 Å². The Morgan fingerprint density at radius 1 is 0.760 bits per heavy atom. The third kappa shape index (κ3) is 14.6. The molecule has 124 valence electrons. The second-order valence-electron chi connectivity index (χ2n) is 4.44. The number of rotatable bonds is 4. The summed E-state index contributed by atoms with van der Waals surface area (Å²) in [6.45, 7) is 0. The zero-order chi connectivity index (χ0) is 18.9. The summed E-state index contributed by atoms with van der Waals surface area (Å²) < 4.78 is 2.69. The van der Waals surface area contributed by atoms with Crippen molar-refractivity contribution in [3.05, 3.63) is 71.8 Å². The van der Waals surface area contributed by atoms with E-state index in [4.69, 9.17) is 19.8 Å². The predicted molar refractivity (Wildman–Crippen MR) is 93.7 cm³/mol. The van der Waals surface area contributed by atoms with E-state index in [1.807, 2.05) is 0 Å². The molecule has 2 rings (SSSR count). The third-order valence-corrected chi connectivity index (χ3v) is 6.34. The Hall–Kier alpha value is -2.70. The Bertz CT molecular complexity index is 649. The van der Waals surface area contributed by atoms with Crippen molar-refractivity contribution in [2.24, 2.45) is 0 Å². The first kappa shape index (κ1) is 22.3. The van der Waals surface area contributed by atoms with Crippen molar-refractivity contribution in [1.82, 2.24) is 0 Å². The SMILES string of the molecule is C#CC(=O)[O-].C#CC(=O)[O-].c1ccc([CH2][Sn+2][CH2]c2ccccc2)cc1. The van der Waals surface area contributed by atoms with Gasteiger partial charge in [0.1, 0.15) is 11.9 Å². The van der Waals surface area contributed by atoms with Crippen LogP contribution in [0, 0.1) is 24.7 Å². The number of hydrogen-bond donors (Lipinski definition) is 0. The average molecular weight is 439 g/mol. The molecule has 0 aromatic heterocycles. The number of aliphatic carboxylic acids is 2. The molecule has 0 N–H and O–H groups in total. The number of carbonyl (C=O) groups is 2. The van der Waals surface area contributed by atoms with E-state index < -0.39 is 11.9 Å². The van der Waals surface area contributed by atoms with E-state index in [-0.39, 0.29) is 21.1 Å². The van der Waals surface area contributed by atoms with Crippen LogP contribution >= 0.6 is 0 Å². The number of carboxylic acids is 2. The zero-order valence-corrected chi connectivity index (χ0v) is 16.3. The average Bonchev–Trinajstić information content (AvgIpc) is 2.64. The molecule has 0 aliphatic rings. The van der Waals surface area contributed by atoms with Crippen LogP contribution in [0.1, 0.15) is 11.1 Å². The van der Waals surface area contributed by atoms with Gasteiger partial charge in [-0.25, -0.2) is 0 Å². The second kappa shape index (κ2) is 14.9. The van der Waals surface area contributed by atoms with Gasteiger partial charge in [-0.15, -0.1) is 12.8 Å². The molecule has 0 aliphatic heterocycles. The normalized spacial score (nSPS) is 7.92. The van der Waals surface area contributed by atoms with E-state index in [1.165, 1.54) is 31.8 Å². The molecule has 0 atom stereocenters. The van der Waals surface area contributed by atoms with Gasteiger partial charge in [-0.3, -0.25) is 0 Å². The van der Waals surface area contributed by atoms with Crippen molar-refractivity contribution in [3.8, 4) is 24.7 Å². The van der Waals surface area contributed by atoms with Gasteiger partial charge >= 0.3 is 102 Å². The summed E-state index contributed by atoms with van der Waals surface area (Å²) >= 11 is -0.258. The Kier molecular flexibility index (Phi) is 13.3. The first-order valence-corrected chi connectivity index (χ1v) is 11.2. The van der Waals surface area contributed by atoms with Gasteiger partial charge in [0.05, 0.1) is 0 Å². The number of hydrogen-bond acceptors (Lipinski definition) is 4. The molecular weight excluding hydrogens is 423 g/mol. The Labute approximate surface area is 158 Å². The van der Waals surface area contributed by atoms with Gasteiger partial charge in [0.2, 0.25) is 0 Å². The molecule has 2 aromatic carbocycles. The summed E-state index contributed by atoms with van der Waals surface area (Å²) in [6.07, 6.45) is 8.52. The first-order valence-electron chi connectivity index (χ1n) is 7.13. The van der Waals surface area contributed by atoms with Crippen molar-refractivity contribution in [3.63, 3.8) is 0 Å². The van der Waals surface area contributed by atoms with Crippen molar-refractivity contribution in [2.45, 2.75) is 8.87 Å². The minimum atomic E-state index is -1.47. The van der Waals surface area contributed by atoms with Crippen LogP contribution in [0.4, 0.5) is 0 Å². The summed E-state index contributed by atoms with van der Waals surface area (Å²) in [5.74, 6) is -0.269. The van der Waals surface area contributed by atoms with Crippen LogP contribution in [0.2, 0.25) is 0 Å². The summed E-state index contributed by atoms with van der Waals surface area (Å²) in [5, 5.41) is 18.0. The first-order chi connectivity index (χ1) is 12.0. The molecule has 0 unspecified atom stereocenters. The van der Waals surface area contributed by atoms with Gasteiger partial charge < -0.3 is 19.8 Å². The standard InChI is InChI=1S/2C7H7.2C3H2O2.Sn/c2*1-7-5-3-2-4-6-7;2*1-2-3(4)5;/h2*2-6H,1H2;2*1H,(H,4,5);/q;;;;+2/p-2. The molecule has 0 aliphatic carbocycles. The Morgan fingerprint density at radius 2 is 1.04 bits per heavy atom. The maximum absolute atomic E-state index is 9.02. The molecule has 0 fully saturated rings. The van der Waals surface area contributed by atoms with E-state index >= 15 is 0 Å². The molecule has 5 heteroatoms. The van der Waals surface area contributed by atoms with E-state index in [9.17, 15) is 0 Å². The molecule has 0 saturated carbocycles. The number of carbonyl (C=O) groups excluding carboxylic acids is 2. The van der Waals surface area contributed by atoms with Crippen LogP contribution in [0.5, 0.6) is 0 Å². The van der Waals surface area contributed by atoms with Crippen molar-refractivity contribution >= 4 is 33.1 Å². The van der Waals surface area contributed by atoms with Gasteiger partial charge in [0.15, 0.2) is 0 Å². The van der Waals surface area contributed by atoms with E-state index in [0.29, 0.717) is 0 Å². The van der Waals surface area contributed by atoms with Crippen LogP contribution in [0.15, 0.2) is 60.7 Å². The van der Waals surface area contributed by atoms with E-state index in [0.717, 1.165) is 0 Å². The topological polar surface area (TPSA) is 80.3 Å². The van der Waals surface area contributed by atoms with E-state index in [1.54, 1.807) is 0 Å². The van der Waals surface area contributed by atoms with Crippen LogP contribution in [-0.2, 0) is 18.5 Å². The van der Waals surface area contributed by atoms with Gasteiger partial charge in [-0.2, -0.15) is 0 Å². The molecule has 2 aromatic rings. The molecule has 0 spiro atoms. The van der Waals surface area contributed by atoms with Gasteiger partial charge in [-0.1, -0.05) is 11.8 Å². The minimum absolute atomic E-state index is 0.258. The summed E-state index contributed by atoms with van der Waals surface area (Å²) in [4.78, 5) is 18.0. The third-order valence-electron chi connectivity index (χ3n) is 2.58. The molecular formula is C20H16O4Sn. The van der Waals surface area contributed by atoms with Crippen molar-refractivity contribution in [2.75, 3.05) is 0 Å². The van der Waals surface area contributed by atoms with Crippen molar-refractivity contribution in [1.29, 1.82) is 0 Å². The number of terminal acetylenes is 2. The maximum atomic E-state index is 9.02. The molecule has 4 nitrogen and oxygen atoms in total. The summed E-state index contributed by atoms with van der Waals surface area (Å²) in [7, 11) is 0. The molecule has 0 bridgehead atoms. The second-order valence-corrected chi connectivity index (χ2v) is 7.88. The number of carboxylic acid groups (broad SMARTS) is 2. The summed E-state index contributed by atoms with van der Waals surface area (Å²) in [5.41, 5.74) is 3.03. The zero-order valence-electron chi connectivity index (χ0n) is 13.5. The Balaban J connectivity index is 0.000000480. The van der Waals surface area contributed by atoms with Gasteiger partial charge in [0.25, 0.3) is 0 Å². The van der Waals surface area contributed by atoms with Crippen molar-refractivity contribution < 1.29 is 19.8 Å². The fraction of sp³-hybridized carbons (Fsp3) is 0.100. The van der Waals surface area contributed by atoms with Gasteiger partial charge in [0, 0.05) is 0 Å². The fourth-order valence-electron chi connectivity index (χ4n) is 1.54. The number of benzene rings is 2. The molecule has 25 heavy (non-hydrogen) atoms. The fourth-order valence-corrected chi connectivity index (χ4v) is 4.89. The molecule has 0 amide bonds. The molecule has 0 saturated heterocycles. The monoisotopic (exact) mass is 440 g/mol. The van der Waals surface area contributed by atoms with Crippen LogP contribution < -0.4 is 10.2 Å². The van der Waals surface area contributed by atoms with E-state index in [2.05, 4.69) is 73.5 Å². The molecule has 0 heterocycles. The quantitative estimate of drug-likeness (QED) is 0.490. The van der Waals surface area contributed by atoms with Crippen LogP contribution in [0.3, 0.4) is 0 Å². The Morgan fingerprint density at radius 3 is 1.28 bits per heavy atom. The summed E-state index contributed by atoms with van der Waals surface area (Å²) in [6, 6.07) is 21.7.